The van der Waals surface area contributed by atoms with Gasteiger partial charge in [0, 0.05) is 43.9 Å². The van der Waals surface area contributed by atoms with Crippen LogP contribution in [0.5, 0.6) is 0 Å². The van der Waals surface area contributed by atoms with E-state index >= 15 is 0 Å². The number of anilines is 1. The Morgan fingerprint density at radius 1 is 0.929 bits per heavy atom. The number of piperazine rings is 1. The molecule has 6 nitrogen and oxygen atoms in total. The summed E-state index contributed by atoms with van der Waals surface area (Å²) >= 11 is 1.49. The van der Waals surface area contributed by atoms with Crippen molar-refractivity contribution in [2.24, 2.45) is 0 Å². The molecule has 1 aromatic heterocycles. The number of thiophene rings is 1. The van der Waals surface area contributed by atoms with Crippen molar-refractivity contribution in [1.29, 1.82) is 0 Å². The number of imide groups is 1. The first-order valence-corrected chi connectivity index (χ1v) is 10.3. The van der Waals surface area contributed by atoms with E-state index in [-0.39, 0.29) is 18.4 Å². The fourth-order valence-corrected chi connectivity index (χ4v) is 4.47. The SMILES string of the molecule is COCCN1C(=O)C(c2cccs2)=C(N2CCN(c3ccccc3)CC2)C1=O. The number of carbonyl (C=O) groups is 2. The average molecular weight is 398 g/mol. The minimum absolute atomic E-state index is 0.210. The first-order chi connectivity index (χ1) is 13.7. The minimum atomic E-state index is -0.218. The first kappa shape index (κ1) is 18.7. The lowest BCUT2D eigenvalue weighted by molar-refractivity contribution is -0.138. The Morgan fingerprint density at radius 2 is 1.64 bits per heavy atom. The monoisotopic (exact) mass is 397 g/mol. The molecule has 28 heavy (non-hydrogen) atoms. The Hall–Kier alpha value is -2.64. The van der Waals surface area contributed by atoms with E-state index in [1.54, 1.807) is 7.11 Å². The molecule has 3 heterocycles. The van der Waals surface area contributed by atoms with Crippen LogP contribution in [0.15, 0.2) is 53.5 Å². The maximum atomic E-state index is 13.1. The van der Waals surface area contributed by atoms with E-state index in [9.17, 15) is 9.59 Å². The van der Waals surface area contributed by atoms with Gasteiger partial charge in [0.2, 0.25) is 0 Å². The lowest BCUT2D eigenvalue weighted by Crippen LogP contribution is -2.47. The van der Waals surface area contributed by atoms with E-state index in [0.717, 1.165) is 18.0 Å². The highest BCUT2D eigenvalue weighted by atomic mass is 32.1. The van der Waals surface area contributed by atoms with Crippen LogP contribution in [-0.4, -0.2) is 68.1 Å². The zero-order valence-corrected chi connectivity index (χ0v) is 16.7. The quantitative estimate of drug-likeness (QED) is 0.700. The van der Waals surface area contributed by atoms with Crippen LogP contribution >= 0.6 is 11.3 Å². The van der Waals surface area contributed by atoms with E-state index in [1.807, 2.05) is 35.7 Å². The molecule has 0 atom stereocenters. The van der Waals surface area contributed by atoms with Gasteiger partial charge in [0.15, 0.2) is 0 Å². The highest BCUT2D eigenvalue weighted by Crippen LogP contribution is 2.34. The van der Waals surface area contributed by atoms with Gasteiger partial charge in [-0.3, -0.25) is 14.5 Å². The molecular formula is C21H23N3O3S. The Morgan fingerprint density at radius 3 is 2.29 bits per heavy atom. The molecule has 7 heteroatoms. The predicted octanol–water partition coefficient (Wildman–Crippen LogP) is 2.30. The molecule has 1 saturated heterocycles. The van der Waals surface area contributed by atoms with Crippen molar-refractivity contribution in [3.63, 3.8) is 0 Å². The van der Waals surface area contributed by atoms with Crippen LogP contribution in [-0.2, 0) is 14.3 Å². The molecule has 2 aliphatic rings. The summed E-state index contributed by atoms with van der Waals surface area (Å²) in [5, 5.41) is 1.93. The van der Waals surface area contributed by atoms with E-state index in [4.69, 9.17) is 4.74 Å². The highest BCUT2D eigenvalue weighted by Gasteiger charge is 2.42. The third-order valence-electron chi connectivity index (χ3n) is 5.15. The fourth-order valence-electron chi connectivity index (χ4n) is 3.71. The molecule has 0 aliphatic carbocycles. The summed E-state index contributed by atoms with van der Waals surface area (Å²) < 4.78 is 5.09. The number of benzene rings is 1. The van der Waals surface area contributed by atoms with Crippen molar-refractivity contribution in [3.05, 3.63) is 58.4 Å². The van der Waals surface area contributed by atoms with Gasteiger partial charge in [-0.05, 0) is 23.6 Å². The lowest BCUT2D eigenvalue weighted by Gasteiger charge is -2.37. The number of hydrogen-bond donors (Lipinski definition) is 0. The number of nitrogens with zero attached hydrogens (tertiary/aromatic N) is 3. The molecule has 1 aromatic carbocycles. The summed E-state index contributed by atoms with van der Waals surface area (Å²) in [4.78, 5) is 32.7. The third kappa shape index (κ3) is 3.43. The van der Waals surface area contributed by atoms with E-state index in [2.05, 4.69) is 21.9 Å². The van der Waals surface area contributed by atoms with Gasteiger partial charge >= 0.3 is 0 Å². The van der Waals surface area contributed by atoms with E-state index in [1.165, 1.54) is 21.9 Å². The van der Waals surface area contributed by atoms with Crippen molar-refractivity contribution >= 4 is 34.4 Å². The van der Waals surface area contributed by atoms with Gasteiger partial charge in [-0.25, -0.2) is 0 Å². The second-order valence-electron chi connectivity index (χ2n) is 6.77. The lowest BCUT2D eigenvalue weighted by atomic mass is 10.1. The number of para-hydroxylation sites is 1. The fraction of sp³-hybridized carbons (Fsp3) is 0.333. The Bertz CT molecular complexity index is 872. The van der Waals surface area contributed by atoms with Gasteiger partial charge in [0.25, 0.3) is 11.8 Å². The number of methoxy groups -OCH3 is 1. The second-order valence-corrected chi connectivity index (χ2v) is 7.71. The van der Waals surface area contributed by atoms with Crippen LogP contribution in [0.25, 0.3) is 5.57 Å². The number of carbonyl (C=O) groups excluding carboxylic acids is 2. The number of hydrogen-bond acceptors (Lipinski definition) is 6. The second kappa shape index (κ2) is 8.16. The van der Waals surface area contributed by atoms with Crippen LogP contribution in [0.2, 0.25) is 0 Å². The molecule has 4 rings (SSSR count). The molecular weight excluding hydrogens is 374 g/mol. The zero-order chi connectivity index (χ0) is 19.5. The van der Waals surface area contributed by atoms with Gasteiger partial charge < -0.3 is 14.5 Å². The van der Waals surface area contributed by atoms with E-state index in [0.29, 0.717) is 31.0 Å². The van der Waals surface area contributed by atoms with Gasteiger partial charge in [-0.2, -0.15) is 0 Å². The zero-order valence-electron chi connectivity index (χ0n) is 15.8. The Balaban J connectivity index is 1.59. The van der Waals surface area contributed by atoms with Crippen molar-refractivity contribution in [2.75, 3.05) is 51.3 Å². The maximum Gasteiger partial charge on any atom is 0.277 e. The summed E-state index contributed by atoms with van der Waals surface area (Å²) in [6.45, 7) is 3.64. The van der Waals surface area contributed by atoms with Gasteiger partial charge in [0.1, 0.15) is 5.70 Å². The first-order valence-electron chi connectivity index (χ1n) is 9.39. The minimum Gasteiger partial charge on any atom is -0.383 e. The summed E-state index contributed by atoms with van der Waals surface area (Å²) in [7, 11) is 1.57. The third-order valence-corrected chi connectivity index (χ3v) is 6.03. The summed E-state index contributed by atoms with van der Waals surface area (Å²) in [5.74, 6) is -0.427. The molecule has 1 fully saturated rings. The molecule has 2 aromatic rings. The summed E-state index contributed by atoms with van der Waals surface area (Å²) in [6.07, 6.45) is 0. The number of ether oxygens (including phenoxy) is 1. The normalized spacial score (nSPS) is 17.8. The molecule has 2 amide bonds. The topological polar surface area (TPSA) is 53.1 Å². The Kier molecular flexibility index (Phi) is 5.45. The summed E-state index contributed by atoms with van der Waals surface area (Å²) in [6, 6.07) is 14.1. The Labute approximate surface area is 168 Å². The molecule has 0 spiro atoms. The number of amides is 2. The molecule has 0 radical (unpaired) electrons. The molecule has 0 saturated carbocycles. The standard InChI is InChI=1S/C21H23N3O3S/c1-27-14-13-24-20(25)18(17-8-5-15-28-17)19(21(24)26)23-11-9-22(10-12-23)16-6-3-2-4-7-16/h2-8,15H,9-14H2,1H3. The summed E-state index contributed by atoms with van der Waals surface area (Å²) in [5.41, 5.74) is 2.26. The van der Waals surface area contributed by atoms with E-state index < -0.39 is 0 Å². The van der Waals surface area contributed by atoms with Crippen LogP contribution in [0.1, 0.15) is 4.88 Å². The molecule has 0 bridgehead atoms. The van der Waals surface area contributed by atoms with Crippen molar-refractivity contribution in [2.45, 2.75) is 0 Å². The van der Waals surface area contributed by atoms with Crippen LogP contribution in [0, 0.1) is 0 Å². The van der Waals surface area contributed by atoms with Crippen molar-refractivity contribution in [3.8, 4) is 0 Å². The molecule has 0 unspecified atom stereocenters. The highest BCUT2D eigenvalue weighted by molar-refractivity contribution is 7.11. The largest absolute Gasteiger partial charge is 0.383 e. The van der Waals surface area contributed by atoms with Crippen LogP contribution in [0.4, 0.5) is 5.69 Å². The van der Waals surface area contributed by atoms with Crippen molar-refractivity contribution in [1.82, 2.24) is 9.80 Å². The van der Waals surface area contributed by atoms with Crippen molar-refractivity contribution < 1.29 is 14.3 Å². The number of rotatable bonds is 6. The smallest absolute Gasteiger partial charge is 0.277 e. The van der Waals surface area contributed by atoms with Crippen LogP contribution in [0.3, 0.4) is 0 Å². The average Bonchev–Trinajstić information content (AvgIpc) is 3.34. The van der Waals surface area contributed by atoms with Gasteiger partial charge in [-0.1, -0.05) is 24.3 Å². The van der Waals surface area contributed by atoms with Crippen LogP contribution < -0.4 is 4.90 Å². The predicted molar refractivity (Wildman–Crippen MR) is 110 cm³/mol. The van der Waals surface area contributed by atoms with Gasteiger partial charge in [0.05, 0.1) is 18.7 Å². The maximum absolute atomic E-state index is 13.1. The molecule has 146 valence electrons. The molecule has 2 aliphatic heterocycles. The van der Waals surface area contributed by atoms with Gasteiger partial charge in [-0.15, -0.1) is 11.3 Å². The molecule has 0 N–H and O–H groups in total.